The Bertz CT molecular complexity index is 1120. The van der Waals surface area contributed by atoms with Gasteiger partial charge in [0.15, 0.2) is 10.8 Å². The van der Waals surface area contributed by atoms with Gasteiger partial charge in [-0.25, -0.2) is 9.78 Å². The lowest BCUT2D eigenvalue weighted by atomic mass is 9.98. The van der Waals surface area contributed by atoms with E-state index in [0.29, 0.717) is 12.5 Å². The second-order valence-corrected chi connectivity index (χ2v) is 9.94. The summed E-state index contributed by atoms with van der Waals surface area (Å²) in [6.07, 6.45) is 7.44. The minimum absolute atomic E-state index is 0.186. The molecule has 2 atom stereocenters. The Kier molecular flexibility index (Phi) is 6.14. The quantitative estimate of drug-likeness (QED) is 0.527. The van der Waals surface area contributed by atoms with Crippen LogP contribution in [0, 0.1) is 0 Å². The predicted molar refractivity (Wildman–Crippen MR) is 129 cm³/mol. The van der Waals surface area contributed by atoms with Gasteiger partial charge < -0.3 is 15.0 Å². The third kappa shape index (κ3) is 4.38. The van der Waals surface area contributed by atoms with E-state index in [2.05, 4.69) is 24.3 Å². The minimum Gasteiger partial charge on any atom is -0.445 e. The van der Waals surface area contributed by atoms with Gasteiger partial charge in [0.05, 0.1) is 6.20 Å². The summed E-state index contributed by atoms with van der Waals surface area (Å²) >= 11 is 1.53. The van der Waals surface area contributed by atoms with Crippen molar-refractivity contribution in [2.75, 3.05) is 11.6 Å². The lowest BCUT2D eigenvalue weighted by molar-refractivity contribution is 0.0627. The highest BCUT2D eigenvalue weighted by atomic mass is 32.2. The minimum atomic E-state index is -0.201. The van der Waals surface area contributed by atoms with Crippen molar-refractivity contribution in [2.24, 2.45) is 0 Å². The molecule has 174 valence electrons. The normalized spacial score (nSPS) is 22.2. The van der Waals surface area contributed by atoms with E-state index in [-0.39, 0.29) is 24.2 Å². The maximum atomic E-state index is 12.9. The van der Waals surface area contributed by atoms with Crippen LogP contribution in [-0.4, -0.2) is 55.0 Å². The van der Waals surface area contributed by atoms with E-state index in [1.807, 2.05) is 52.2 Å². The lowest BCUT2D eigenvalue weighted by Gasteiger charge is -2.38. The van der Waals surface area contributed by atoms with Crippen LogP contribution in [0.15, 0.2) is 41.7 Å². The van der Waals surface area contributed by atoms with Crippen LogP contribution < -0.4 is 5.32 Å². The zero-order valence-corrected chi connectivity index (χ0v) is 20.1. The number of anilines is 1. The molecule has 8 nitrogen and oxygen atoms in total. The molecule has 0 spiro atoms. The lowest BCUT2D eigenvalue weighted by Crippen LogP contribution is -2.50. The third-order valence-corrected chi connectivity index (χ3v) is 7.21. The molecule has 0 radical (unpaired) electrons. The van der Waals surface area contributed by atoms with Crippen LogP contribution in [0.4, 0.5) is 10.7 Å². The van der Waals surface area contributed by atoms with Crippen LogP contribution in [0.1, 0.15) is 56.6 Å². The Labute approximate surface area is 198 Å². The first-order valence-electron chi connectivity index (χ1n) is 11.6. The van der Waals surface area contributed by atoms with Crippen molar-refractivity contribution in [3.8, 4) is 0 Å². The first-order chi connectivity index (χ1) is 16.0. The van der Waals surface area contributed by atoms with Crippen LogP contribution in [0.3, 0.4) is 0 Å². The SMILES string of the molecule is CSc1nc(NC2CC3CCC(C2)N3C(=O)OCc2ccccc2)n2ncc(C(C)C)c2n1. The highest BCUT2D eigenvalue weighted by Crippen LogP contribution is 2.37. The van der Waals surface area contributed by atoms with Gasteiger partial charge in [0.1, 0.15) is 6.61 Å². The van der Waals surface area contributed by atoms with Crippen LogP contribution in [0.5, 0.6) is 0 Å². The van der Waals surface area contributed by atoms with E-state index in [0.717, 1.165) is 53.6 Å². The van der Waals surface area contributed by atoms with Gasteiger partial charge in [-0.1, -0.05) is 55.9 Å². The van der Waals surface area contributed by atoms with Gasteiger partial charge in [0, 0.05) is 23.7 Å². The summed E-state index contributed by atoms with van der Waals surface area (Å²) < 4.78 is 7.46. The number of aromatic nitrogens is 4. The summed E-state index contributed by atoms with van der Waals surface area (Å²) in [5.74, 6) is 1.06. The molecule has 2 aromatic heterocycles. The number of carbonyl (C=O) groups excluding carboxylic acids is 1. The number of nitrogens with one attached hydrogen (secondary N) is 1. The molecular formula is C24H30N6O2S. The summed E-state index contributed by atoms with van der Waals surface area (Å²) in [7, 11) is 0. The third-order valence-electron chi connectivity index (χ3n) is 6.66. The summed E-state index contributed by atoms with van der Waals surface area (Å²) in [6, 6.07) is 10.4. The highest BCUT2D eigenvalue weighted by Gasteiger charge is 2.44. The van der Waals surface area contributed by atoms with Crippen molar-refractivity contribution < 1.29 is 9.53 Å². The number of carbonyl (C=O) groups is 1. The van der Waals surface area contributed by atoms with Gasteiger partial charge in [-0.15, -0.1) is 0 Å². The average Bonchev–Trinajstić information content (AvgIpc) is 3.37. The molecular weight excluding hydrogens is 436 g/mol. The number of fused-ring (bicyclic) bond motifs is 3. The van der Waals surface area contributed by atoms with Crippen molar-refractivity contribution in [1.29, 1.82) is 0 Å². The molecule has 0 saturated carbocycles. The van der Waals surface area contributed by atoms with Crippen LogP contribution in [0.2, 0.25) is 0 Å². The smallest absolute Gasteiger partial charge is 0.410 e. The maximum Gasteiger partial charge on any atom is 0.410 e. The zero-order valence-electron chi connectivity index (χ0n) is 19.3. The van der Waals surface area contributed by atoms with Gasteiger partial charge in [0.25, 0.3) is 0 Å². The van der Waals surface area contributed by atoms with E-state index in [1.165, 1.54) is 11.8 Å². The number of ether oxygens (including phenoxy) is 1. The van der Waals surface area contributed by atoms with E-state index < -0.39 is 0 Å². The molecule has 2 fully saturated rings. The Hall–Kier alpha value is -2.81. The second-order valence-electron chi connectivity index (χ2n) is 9.17. The predicted octanol–water partition coefficient (Wildman–Crippen LogP) is 4.71. The monoisotopic (exact) mass is 466 g/mol. The maximum absolute atomic E-state index is 12.9. The van der Waals surface area contributed by atoms with Crippen molar-refractivity contribution in [3.63, 3.8) is 0 Å². The Balaban J connectivity index is 1.29. The summed E-state index contributed by atoms with van der Waals surface area (Å²) in [4.78, 5) is 24.2. The van der Waals surface area contributed by atoms with E-state index in [9.17, 15) is 4.79 Å². The topological polar surface area (TPSA) is 84.7 Å². The number of thioether (sulfide) groups is 1. The zero-order chi connectivity index (χ0) is 22.9. The number of nitrogens with zero attached hydrogens (tertiary/aromatic N) is 5. The number of hydrogen-bond acceptors (Lipinski definition) is 7. The molecule has 2 aliphatic heterocycles. The number of piperidine rings is 1. The highest BCUT2D eigenvalue weighted by molar-refractivity contribution is 7.98. The molecule has 0 aliphatic carbocycles. The molecule has 1 aromatic carbocycles. The van der Waals surface area contributed by atoms with Crippen LogP contribution >= 0.6 is 11.8 Å². The van der Waals surface area contributed by atoms with Gasteiger partial charge >= 0.3 is 6.09 Å². The fourth-order valence-electron chi connectivity index (χ4n) is 5.04. The molecule has 2 bridgehead atoms. The Morgan fingerprint density at radius 1 is 1.18 bits per heavy atom. The standard InChI is InChI=1S/C24H30N6O2S/c1-15(2)20-13-25-30-21(20)27-23(33-3)28-22(30)26-17-11-18-9-10-19(12-17)29(18)24(31)32-14-16-7-5-4-6-8-16/h4-8,13,15,17-19H,9-12,14H2,1-3H3,(H,26,27,28). The van der Waals surface area contributed by atoms with Gasteiger partial charge in [0.2, 0.25) is 5.95 Å². The second kappa shape index (κ2) is 9.21. The number of benzene rings is 1. The summed E-state index contributed by atoms with van der Waals surface area (Å²) in [6.45, 7) is 4.61. The van der Waals surface area contributed by atoms with Crippen molar-refractivity contribution in [2.45, 2.75) is 75.3 Å². The Morgan fingerprint density at radius 3 is 2.58 bits per heavy atom. The molecule has 1 amide bonds. The molecule has 2 unspecified atom stereocenters. The number of amides is 1. The Morgan fingerprint density at radius 2 is 1.91 bits per heavy atom. The molecule has 1 N–H and O–H groups in total. The average molecular weight is 467 g/mol. The molecule has 5 rings (SSSR count). The van der Waals surface area contributed by atoms with Crippen molar-refractivity contribution >= 4 is 29.5 Å². The molecule has 2 saturated heterocycles. The first-order valence-corrected chi connectivity index (χ1v) is 12.8. The molecule has 3 aromatic rings. The van der Waals surface area contributed by atoms with E-state index in [1.54, 1.807) is 0 Å². The largest absolute Gasteiger partial charge is 0.445 e. The van der Waals surface area contributed by atoms with Crippen LogP contribution in [-0.2, 0) is 11.3 Å². The summed E-state index contributed by atoms with van der Waals surface area (Å²) in [5.41, 5.74) is 2.98. The van der Waals surface area contributed by atoms with Crippen LogP contribution in [0.25, 0.3) is 5.65 Å². The molecule has 9 heteroatoms. The fraction of sp³-hybridized carbons (Fsp3) is 0.500. The van der Waals surface area contributed by atoms with Gasteiger partial charge in [-0.05, 0) is 43.4 Å². The van der Waals surface area contributed by atoms with Gasteiger partial charge in [-0.2, -0.15) is 14.6 Å². The first kappa shape index (κ1) is 22.0. The molecule has 33 heavy (non-hydrogen) atoms. The van der Waals surface area contributed by atoms with Crippen molar-refractivity contribution in [1.82, 2.24) is 24.5 Å². The number of hydrogen-bond donors (Lipinski definition) is 1. The molecule has 2 aliphatic rings. The number of rotatable bonds is 6. The van der Waals surface area contributed by atoms with Gasteiger partial charge in [-0.3, -0.25) is 0 Å². The van der Waals surface area contributed by atoms with Crippen molar-refractivity contribution in [3.05, 3.63) is 47.7 Å². The van der Waals surface area contributed by atoms with E-state index in [4.69, 9.17) is 14.7 Å². The summed E-state index contributed by atoms with van der Waals surface area (Å²) in [5, 5.41) is 8.93. The molecule has 4 heterocycles. The fourth-order valence-corrected chi connectivity index (χ4v) is 5.39. The van der Waals surface area contributed by atoms with E-state index >= 15 is 0 Å².